The Morgan fingerprint density at radius 2 is 1.97 bits per heavy atom. The van der Waals surface area contributed by atoms with Crippen molar-refractivity contribution >= 4 is 61.6 Å². The fourth-order valence-electron chi connectivity index (χ4n) is 3.97. The van der Waals surface area contributed by atoms with Crippen LogP contribution in [0.4, 0.5) is 5.13 Å². The Kier molecular flexibility index (Phi) is 6.04. The number of Topliss-reactive ketones (excluding diaryl/α,β-unsaturated/α-hetero) is 1. The van der Waals surface area contributed by atoms with Crippen LogP contribution in [0, 0.1) is 6.92 Å². The van der Waals surface area contributed by atoms with Crippen molar-refractivity contribution in [3.8, 4) is 5.75 Å². The number of halogens is 2. The van der Waals surface area contributed by atoms with Gasteiger partial charge in [-0.1, -0.05) is 40.6 Å². The zero-order valence-corrected chi connectivity index (χ0v) is 20.9. The molecule has 0 bridgehead atoms. The van der Waals surface area contributed by atoms with E-state index in [0.29, 0.717) is 39.4 Å². The van der Waals surface area contributed by atoms with E-state index in [-0.39, 0.29) is 16.4 Å². The summed E-state index contributed by atoms with van der Waals surface area (Å²) in [5, 5.41) is 11.8. The Hall–Kier alpha value is -3.33. The summed E-state index contributed by atoms with van der Waals surface area (Å²) in [5.41, 5.74) is 1.00. The number of ether oxygens (including phenoxy) is 1. The number of furan rings is 1. The predicted molar refractivity (Wildman–Crippen MR) is 135 cm³/mol. The number of nitrogens with zero attached hydrogens (tertiary/aromatic N) is 2. The zero-order valence-electron chi connectivity index (χ0n) is 18.5. The van der Waals surface area contributed by atoms with Crippen molar-refractivity contribution in [2.45, 2.75) is 19.9 Å². The standard InChI is InChI=1S/C25H18Cl2N2O5S/c1-3-33-14-6-8-17-19(11-14)35-25(28-17)29-21(13-5-7-15(26)16(27)10-13)20(23(31)24(29)32)22(30)18-9-4-12(2)34-18/h4-11,21,31H,3H2,1-2H3. The van der Waals surface area contributed by atoms with Crippen LogP contribution in [0.3, 0.4) is 0 Å². The van der Waals surface area contributed by atoms with Crippen molar-refractivity contribution in [3.63, 3.8) is 0 Å². The molecular formula is C25H18Cl2N2O5S. The molecule has 0 saturated carbocycles. The molecule has 7 nitrogen and oxygen atoms in total. The number of aliphatic hydroxyl groups is 1. The number of fused-ring (bicyclic) bond motifs is 1. The maximum absolute atomic E-state index is 13.4. The lowest BCUT2D eigenvalue weighted by molar-refractivity contribution is -0.117. The lowest BCUT2D eigenvalue weighted by Gasteiger charge is -2.24. The van der Waals surface area contributed by atoms with Gasteiger partial charge in [0, 0.05) is 0 Å². The molecule has 0 saturated heterocycles. The van der Waals surface area contributed by atoms with Gasteiger partial charge in [-0.15, -0.1) is 0 Å². The number of aliphatic hydroxyl groups excluding tert-OH is 1. The highest BCUT2D eigenvalue weighted by Gasteiger charge is 2.46. The van der Waals surface area contributed by atoms with Crippen LogP contribution < -0.4 is 9.64 Å². The summed E-state index contributed by atoms with van der Waals surface area (Å²) in [5.74, 6) is -0.825. The smallest absolute Gasteiger partial charge is 0.296 e. The molecule has 1 amide bonds. The molecule has 4 aromatic rings. The third kappa shape index (κ3) is 4.07. The van der Waals surface area contributed by atoms with Gasteiger partial charge in [-0.05, 0) is 61.9 Å². The van der Waals surface area contributed by atoms with Gasteiger partial charge in [0.15, 0.2) is 16.7 Å². The van der Waals surface area contributed by atoms with E-state index in [2.05, 4.69) is 4.98 Å². The summed E-state index contributed by atoms with van der Waals surface area (Å²) in [6, 6.07) is 12.3. The minimum Gasteiger partial charge on any atom is -0.503 e. The van der Waals surface area contributed by atoms with E-state index in [0.717, 1.165) is 4.70 Å². The number of amides is 1. The minimum absolute atomic E-state index is 0.00872. The van der Waals surface area contributed by atoms with E-state index in [1.54, 1.807) is 43.3 Å². The number of carbonyl (C=O) groups is 2. The van der Waals surface area contributed by atoms with Gasteiger partial charge < -0.3 is 14.3 Å². The average molecular weight is 529 g/mol. The molecule has 2 aromatic heterocycles. The van der Waals surface area contributed by atoms with Gasteiger partial charge in [-0.25, -0.2) is 4.98 Å². The van der Waals surface area contributed by atoms with E-state index in [9.17, 15) is 14.7 Å². The zero-order chi connectivity index (χ0) is 24.9. The summed E-state index contributed by atoms with van der Waals surface area (Å²) in [6.45, 7) is 4.10. The molecule has 10 heteroatoms. The lowest BCUT2D eigenvalue weighted by Crippen LogP contribution is -2.31. The Morgan fingerprint density at radius 1 is 1.17 bits per heavy atom. The second kappa shape index (κ2) is 9.03. The molecule has 2 aromatic carbocycles. The molecule has 3 heterocycles. The number of aryl methyl sites for hydroxylation is 1. The lowest BCUT2D eigenvalue weighted by atomic mass is 9.95. The van der Waals surface area contributed by atoms with Crippen LogP contribution in [0.1, 0.15) is 34.8 Å². The third-order valence-corrected chi connectivity index (χ3v) is 7.30. The number of ketones is 1. The number of rotatable bonds is 6. The number of thiazole rings is 1. The predicted octanol–water partition coefficient (Wildman–Crippen LogP) is 6.69. The van der Waals surface area contributed by atoms with E-state index < -0.39 is 23.5 Å². The Morgan fingerprint density at radius 3 is 2.66 bits per heavy atom. The molecule has 1 aliphatic rings. The van der Waals surface area contributed by atoms with E-state index >= 15 is 0 Å². The van der Waals surface area contributed by atoms with Crippen LogP contribution in [-0.4, -0.2) is 28.4 Å². The van der Waals surface area contributed by atoms with Crippen molar-refractivity contribution in [3.05, 3.63) is 87.0 Å². The third-order valence-electron chi connectivity index (χ3n) is 5.54. The molecule has 1 N–H and O–H groups in total. The molecular weight excluding hydrogens is 511 g/mol. The second-order valence-corrected chi connectivity index (χ2v) is 9.64. The quantitative estimate of drug-likeness (QED) is 0.280. The largest absolute Gasteiger partial charge is 0.503 e. The molecule has 0 spiro atoms. The number of benzene rings is 2. The fourth-order valence-corrected chi connectivity index (χ4v) is 5.30. The van der Waals surface area contributed by atoms with E-state index in [1.165, 1.54) is 22.3 Å². The van der Waals surface area contributed by atoms with Gasteiger partial charge in [0.1, 0.15) is 11.5 Å². The van der Waals surface area contributed by atoms with Crippen LogP contribution >= 0.6 is 34.5 Å². The molecule has 1 aliphatic heterocycles. The van der Waals surface area contributed by atoms with Gasteiger partial charge in [0.2, 0.25) is 5.78 Å². The number of anilines is 1. The summed E-state index contributed by atoms with van der Waals surface area (Å²) >= 11 is 13.6. The monoisotopic (exact) mass is 528 g/mol. The molecule has 0 aliphatic carbocycles. The number of hydrogen-bond donors (Lipinski definition) is 1. The normalized spacial score (nSPS) is 15.9. The molecule has 0 fully saturated rings. The highest BCUT2D eigenvalue weighted by molar-refractivity contribution is 7.22. The maximum atomic E-state index is 13.4. The SMILES string of the molecule is CCOc1ccc2nc(N3C(=O)C(O)=C(C(=O)c4ccc(C)o4)C3c3ccc(Cl)c(Cl)c3)sc2c1. The Labute approximate surface area is 214 Å². The van der Waals surface area contributed by atoms with Gasteiger partial charge in [0.05, 0.1) is 38.5 Å². The van der Waals surface area contributed by atoms with Crippen molar-refractivity contribution in [2.75, 3.05) is 11.5 Å². The van der Waals surface area contributed by atoms with Crippen LogP contribution in [0.15, 0.2) is 64.3 Å². The minimum atomic E-state index is -0.998. The van der Waals surface area contributed by atoms with Gasteiger partial charge in [-0.2, -0.15) is 0 Å². The van der Waals surface area contributed by atoms with Gasteiger partial charge in [-0.3, -0.25) is 14.5 Å². The molecule has 35 heavy (non-hydrogen) atoms. The van der Waals surface area contributed by atoms with Crippen molar-refractivity contribution in [2.24, 2.45) is 0 Å². The average Bonchev–Trinajstić information content (AvgIpc) is 3.51. The first-order chi connectivity index (χ1) is 16.8. The Bertz CT molecular complexity index is 1520. The molecule has 1 atom stereocenters. The number of aromatic nitrogens is 1. The van der Waals surface area contributed by atoms with Crippen molar-refractivity contribution in [1.82, 2.24) is 4.98 Å². The van der Waals surface area contributed by atoms with Crippen LogP contribution in [0.5, 0.6) is 5.75 Å². The molecule has 0 radical (unpaired) electrons. The summed E-state index contributed by atoms with van der Waals surface area (Å²) in [4.78, 5) is 32.7. The van der Waals surface area contributed by atoms with Gasteiger partial charge in [0.25, 0.3) is 5.91 Å². The van der Waals surface area contributed by atoms with Crippen molar-refractivity contribution < 1.29 is 23.8 Å². The topological polar surface area (TPSA) is 92.9 Å². The second-order valence-electron chi connectivity index (χ2n) is 7.81. The Balaban J connectivity index is 1.66. The first kappa shape index (κ1) is 23.4. The first-order valence-corrected chi connectivity index (χ1v) is 12.2. The highest BCUT2D eigenvalue weighted by atomic mass is 35.5. The number of hydrogen-bond acceptors (Lipinski definition) is 7. The van der Waals surface area contributed by atoms with E-state index in [1.807, 2.05) is 13.0 Å². The van der Waals surface area contributed by atoms with Gasteiger partial charge >= 0.3 is 0 Å². The highest BCUT2D eigenvalue weighted by Crippen LogP contribution is 2.45. The van der Waals surface area contributed by atoms with E-state index in [4.69, 9.17) is 32.4 Å². The summed E-state index contributed by atoms with van der Waals surface area (Å²) < 4.78 is 11.8. The fraction of sp³-hybridized carbons (Fsp3) is 0.160. The van der Waals surface area contributed by atoms with Crippen LogP contribution in [0.25, 0.3) is 10.2 Å². The summed E-state index contributed by atoms with van der Waals surface area (Å²) in [6.07, 6.45) is 0. The molecule has 1 unspecified atom stereocenters. The number of carbonyl (C=O) groups excluding carboxylic acids is 2. The molecule has 5 rings (SSSR count). The summed E-state index contributed by atoms with van der Waals surface area (Å²) in [7, 11) is 0. The van der Waals surface area contributed by atoms with Crippen LogP contribution in [0.2, 0.25) is 10.0 Å². The first-order valence-electron chi connectivity index (χ1n) is 10.6. The molecule has 178 valence electrons. The maximum Gasteiger partial charge on any atom is 0.296 e. The van der Waals surface area contributed by atoms with Crippen molar-refractivity contribution in [1.29, 1.82) is 0 Å². The van der Waals surface area contributed by atoms with Crippen LogP contribution in [-0.2, 0) is 4.79 Å².